The van der Waals surface area contributed by atoms with Crippen LogP contribution in [0, 0.1) is 0 Å². The molecule has 1 saturated heterocycles. The summed E-state index contributed by atoms with van der Waals surface area (Å²) >= 11 is 9.24. The van der Waals surface area contributed by atoms with Crippen LogP contribution in [0.4, 0.5) is 14.5 Å². The van der Waals surface area contributed by atoms with E-state index in [1.807, 2.05) is 0 Å². The fourth-order valence-corrected chi connectivity index (χ4v) is 4.78. The lowest BCUT2D eigenvalue weighted by atomic mass is 10.1. The van der Waals surface area contributed by atoms with E-state index in [4.69, 9.17) is 16.3 Å². The molecule has 3 nitrogen and oxygen atoms in total. The Morgan fingerprint density at radius 1 is 1.29 bits per heavy atom. The van der Waals surface area contributed by atoms with Crippen LogP contribution >= 0.6 is 34.9 Å². The number of hydrogen-bond acceptors (Lipinski definition) is 4. The number of hydrogen-bond donors (Lipinski definition) is 2. The second kappa shape index (κ2) is 6.55. The topological polar surface area (TPSA) is 37.0 Å². The van der Waals surface area contributed by atoms with Crippen molar-refractivity contribution >= 4 is 51.5 Å². The number of benzene rings is 1. The highest BCUT2D eigenvalue weighted by atomic mass is 35.5. The maximum absolute atomic E-state index is 13.1. The first-order valence-corrected chi connectivity index (χ1v) is 9.32. The summed E-state index contributed by atoms with van der Waals surface area (Å²) < 4.78 is 35.9. The van der Waals surface area contributed by atoms with Gasteiger partial charge in [-0.3, -0.25) is 0 Å². The Balaban J connectivity index is 1.56. The number of fused-ring (bicyclic) bond motifs is 1. The van der Waals surface area contributed by atoms with Gasteiger partial charge in [0.1, 0.15) is 0 Å². The monoisotopic (exact) mass is 386 g/mol. The molecule has 1 fully saturated rings. The van der Waals surface area contributed by atoms with Crippen molar-refractivity contribution in [1.29, 1.82) is 0 Å². The van der Waals surface area contributed by atoms with Crippen molar-refractivity contribution in [3.8, 4) is 0 Å². The lowest BCUT2D eigenvalue weighted by Crippen LogP contribution is -2.23. The van der Waals surface area contributed by atoms with Gasteiger partial charge in [0.05, 0.1) is 33.6 Å². The van der Waals surface area contributed by atoms with E-state index in [9.17, 15) is 8.78 Å². The third kappa shape index (κ3) is 2.90. The molecule has 1 aliphatic heterocycles. The van der Waals surface area contributed by atoms with Crippen molar-refractivity contribution in [3.05, 3.63) is 45.9 Å². The first kappa shape index (κ1) is 16.2. The lowest BCUT2D eigenvalue weighted by Gasteiger charge is -2.24. The quantitative estimate of drug-likeness (QED) is 0.524. The molecule has 4 rings (SSSR count). The van der Waals surface area contributed by atoms with Crippen molar-refractivity contribution in [1.82, 2.24) is 4.98 Å². The molecule has 0 saturated carbocycles. The van der Waals surface area contributed by atoms with Gasteiger partial charge in [0.25, 0.3) is 6.43 Å². The molecule has 8 heteroatoms. The highest BCUT2D eigenvalue weighted by Crippen LogP contribution is 2.39. The molecule has 0 aliphatic carbocycles. The summed E-state index contributed by atoms with van der Waals surface area (Å²) in [5.41, 5.74) is 1.26. The smallest absolute Gasteiger partial charge is 0.264 e. The summed E-state index contributed by atoms with van der Waals surface area (Å²) in [5, 5.41) is 0.674. The third-order valence-corrected chi connectivity index (χ3v) is 6.46. The number of alkyl halides is 2. The second-order valence-electron chi connectivity index (χ2n) is 5.48. The van der Waals surface area contributed by atoms with Gasteiger partial charge in [-0.05, 0) is 30.1 Å². The summed E-state index contributed by atoms with van der Waals surface area (Å²) in [4.78, 5) is 4.29. The predicted octanol–water partition coefficient (Wildman–Crippen LogP) is 6.05. The number of H-pyrrole nitrogens is 1. The molecule has 24 heavy (non-hydrogen) atoms. The SMILES string of the molecule is FC(F)c1ccc(NSc2ccc(C3COC3)s2)c2[nH]cc(Cl)c12. The zero-order valence-electron chi connectivity index (χ0n) is 12.3. The van der Waals surface area contributed by atoms with E-state index in [0.29, 0.717) is 21.8 Å². The standard InChI is InChI=1S/C16H13ClF2N2OS2/c17-10-5-20-15-11(2-1-9(14(10)15)16(18)19)21-24-13-4-3-12(23-13)8-6-22-7-8/h1-5,8,16,20-21H,6-7H2. The number of halogens is 3. The number of anilines is 1. The molecule has 1 aliphatic rings. The summed E-state index contributed by atoms with van der Waals surface area (Å²) in [5.74, 6) is 0.503. The van der Waals surface area contributed by atoms with Crippen molar-refractivity contribution in [3.63, 3.8) is 0 Å². The van der Waals surface area contributed by atoms with Gasteiger partial charge >= 0.3 is 0 Å². The number of ether oxygens (including phenoxy) is 1. The van der Waals surface area contributed by atoms with Gasteiger partial charge in [-0.1, -0.05) is 17.7 Å². The molecule has 126 valence electrons. The van der Waals surface area contributed by atoms with E-state index in [2.05, 4.69) is 21.8 Å². The molecule has 3 aromatic rings. The van der Waals surface area contributed by atoms with E-state index in [-0.39, 0.29) is 5.56 Å². The Labute approximate surface area is 150 Å². The predicted molar refractivity (Wildman–Crippen MR) is 95.6 cm³/mol. The van der Waals surface area contributed by atoms with E-state index < -0.39 is 6.43 Å². The highest BCUT2D eigenvalue weighted by molar-refractivity contribution is 8.02. The van der Waals surface area contributed by atoms with E-state index in [1.54, 1.807) is 17.4 Å². The molecule has 0 amide bonds. The Bertz CT molecular complexity index is 876. The molecular formula is C16H13ClF2N2OS2. The molecule has 0 spiro atoms. The van der Waals surface area contributed by atoms with Crippen LogP contribution in [0.3, 0.4) is 0 Å². The first-order chi connectivity index (χ1) is 11.6. The molecule has 1 aromatic carbocycles. The summed E-state index contributed by atoms with van der Waals surface area (Å²) in [7, 11) is 0. The number of aromatic amines is 1. The van der Waals surface area contributed by atoms with Gasteiger partial charge in [-0.15, -0.1) is 11.3 Å². The molecule has 3 heterocycles. The number of nitrogens with one attached hydrogen (secondary N) is 2. The minimum absolute atomic E-state index is 0.0600. The van der Waals surface area contributed by atoms with Crippen LogP contribution in [-0.4, -0.2) is 18.2 Å². The maximum atomic E-state index is 13.1. The third-order valence-electron chi connectivity index (χ3n) is 3.96. The Hall–Kier alpha value is -1.28. The van der Waals surface area contributed by atoms with Crippen molar-refractivity contribution < 1.29 is 13.5 Å². The minimum atomic E-state index is -2.56. The second-order valence-corrected chi connectivity index (χ2v) is 8.11. The molecule has 2 N–H and O–H groups in total. The Kier molecular flexibility index (Phi) is 4.42. The van der Waals surface area contributed by atoms with Gasteiger partial charge in [0, 0.05) is 27.9 Å². The van der Waals surface area contributed by atoms with E-state index in [1.165, 1.54) is 29.1 Å². The minimum Gasteiger partial charge on any atom is -0.380 e. The van der Waals surface area contributed by atoms with E-state index in [0.717, 1.165) is 23.1 Å². The molecule has 0 radical (unpaired) electrons. The van der Waals surface area contributed by atoms with Crippen LogP contribution in [0.5, 0.6) is 0 Å². The summed E-state index contributed by atoms with van der Waals surface area (Å²) in [6.45, 7) is 1.57. The first-order valence-electron chi connectivity index (χ1n) is 7.31. The van der Waals surface area contributed by atoms with Crippen LogP contribution in [0.1, 0.15) is 22.8 Å². The fraction of sp³-hybridized carbons (Fsp3) is 0.250. The molecule has 0 unspecified atom stereocenters. The highest BCUT2D eigenvalue weighted by Gasteiger charge is 2.22. The van der Waals surface area contributed by atoms with Crippen molar-refractivity contribution in [2.24, 2.45) is 0 Å². The number of rotatable bonds is 5. The Morgan fingerprint density at radius 3 is 2.83 bits per heavy atom. The van der Waals surface area contributed by atoms with Crippen LogP contribution in [0.25, 0.3) is 10.9 Å². The number of aromatic nitrogens is 1. The van der Waals surface area contributed by atoms with Gasteiger partial charge in [0.2, 0.25) is 0 Å². The van der Waals surface area contributed by atoms with Crippen LogP contribution in [0.2, 0.25) is 5.02 Å². The van der Waals surface area contributed by atoms with Crippen molar-refractivity contribution in [2.45, 2.75) is 16.6 Å². The van der Waals surface area contributed by atoms with Crippen LogP contribution in [-0.2, 0) is 4.74 Å². The summed E-state index contributed by atoms with van der Waals surface area (Å²) in [6.07, 6.45) is -1.03. The lowest BCUT2D eigenvalue weighted by molar-refractivity contribution is 0.00987. The molecule has 0 bridgehead atoms. The van der Waals surface area contributed by atoms with Gasteiger partial charge in [-0.2, -0.15) is 0 Å². The average molecular weight is 387 g/mol. The van der Waals surface area contributed by atoms with Gasteiger partial charge < -0.3 is 14.4 Å². The van der Waals surface area contributed by atoms with Crippen molar-refractivity contribution in [2.75, 3.05) is 17.9 Å². The Morgan fingerprint density at radius 2 is 2.12 bits per heavy atom. The molecule has 0 atom stereocenters. The largest absolute Gasteiger partial charge is 0.380 e. The zero-order valence-corrected chi connectivity index (χ0v) is 14.7. The maximum Gasteiger partial charge on any atom is 0.264 e. The average Bonchev–Trinajstić information content (AvgIpc) is 3.11. The normalized spacial score (nSPS) is 15.2. The van der Waals surface area contributed by atoms with Gasteiger partial charge in [-0.25, -0.2) is 8.78 Å². The van der Waals surface area contributed by atoms with Gasteiger partial charge in [0.15, 0.2) is 0 Å². The summed E-state index contributed by atoms with van der Waals surface area (Å²) in [6, 6.07) is 7.24. The number of thiophene rings is 1. The van der Waals surface area contributed by atoms with E-state index >= 15 is 0 Å². The fourth-order valence-electron chi connectivity index (χ4n) is 2.61. The van der Waals surface area contributed by atoms with Crippen LogP contribution < -0.4 is 4.72 Å². The van der Waals surface area contributed by atoms with Crippen LogP contribution in [0.15, 0.2) is 34.7 Å². The molecule has 2 aromatic heterocycles. The zero-order chi connectivity index (χ0) is 16.7. The molecular weight excluding hydrogens is 374 g/mol.